The highest BCUT2D eigenvalue weighted by atomic mass is 19.1. The van der Waals surface area contributed by atoms with Crippen molar-refractivity contribution < 1.29 is 9.50 Å². The number of hydrogen-bond acceptors (Lipinski definition) is 2. The lowest BCUT2D eigenvalue weighted by Gasteiger charge is -2.23. The zero-order chi connectivity index (χ0) is 14.7. The molecule has 3 heteroatoms. The molecule has 2 aromatic rings. The molecule has 1 unspecified atom stereocenters. The lowest BCUT2D eigenvalue weighted by Crippen LogP contribution is -2.25. The molecule has 20 heavy (non-hydrogen) atoms. The van der Waals surface area contributed by atoms with E-state index in [4.69, 9.17) is 0 Å². The van der Waals surface area contributed by atoms with Crippen LogP contribution < -0.4 is 4.90 Å². The van der Waals surface area contributed by atoms with Gasteiger partial charge in [0.25, 0.3) is 0 Å². The van der Waals surface area contributed by atoms with Crippen LogP contribution in [0.4, 0.5) is 10.1 Å². The Kier molecular flexibility index (Phi) is 4.40. The van der Waals surface area contributed by atoms with Crippen molar-refractivity contribution in [3.63, 3.8) is 0 Å². The zero-order valence-electron chi connectivity index (χ0n) is 12.1. The molecule has 2 aromatic carbocycles. The Morgan fingerprint density at radius 2 is 1.80 bits per heavy atom. The number of rotatable bonds is 4. The number of nitrogens with zero attached hydrogens (tertiary/aromatic N) is 1. The van der Waals surface area contributed by atoms with Crippen LogP contribution in [-0.2, 0) is 0 Å². The fourth-order valence-corrected chi connectivity index (χ4v) is 2.20. The normalized spacial score (nSPS) is 12.2. The minimum Gasteiger partial charge on any atom is -0.387 e. The van der Waals surface area contributed by atoms with Gasteiger partial charge < -0.3 is 10.0 Å². The van der Waals surface area contributed by atoms with Crippen molar-refractivity contribution in [1.29, 1.82) is 0 Å². The average molecular weight is 273 g/mol. The third-order valence-electron chi connectivity index (χ3n) is 3.63. The standard InChI is InChI=1S/C17H20FNO/c1-12-8-9-14(10-13(12)2)17(20)11-19(3)16-7-5-4-6-15(16)18/h4-10,17,20H,11H2,1-3H3. The van der Waals surface area contributed by atoms with Crippen molar-refractivity contribution in [3.8, 4) is 0 Å². The zero-order valence-corrected chi connectivity index (χ0v) is 12.1. The summed E-state index contributed by atoms with van der Waals surface area (Å²) in [5, 5.41) is 10.3. The summed E-state index contributed by atoms with van der Waals surface area (Å²) in [5.41, 5.74) is 3.70. The minimum atomic E-state index is -0.640. The molecule has 106 valence electrons. The first kappa shape index (κ1) is 14.5. The Hall–Kier alpha value is -1.87. The summed E-state index contributed by atoms with van der Waals surface area (Å²) in [4.78, 5) is 1.73. The minimum absolute atomic E-state index is 0.276. The van der Waals surface area contributed by atoms with Crippen LogP contribution in [-0.4, -0.2) is 18.7 Å². The molecule has 0 aliphatic heterocycles. The summed E-state index contributed by atoms with van der Waals surface area (Å²) in [6.07, 6.45) is -0.640. The summed E-state index contributed by atoms with van der Waals surface area (Å²) in [5.74, 6) is -0.276. The predicted octanol–water partition coefficient (Wildman–Crippen LogP) is 3.61. The van der Waals surface area contributed by atoms with Gasteiger partial charge >= 0.3 is 0 Å². The van der Waals surface area contributed by atoms with Gasteiger partial charge in [-0.3, -0.25) is 0 Å². The lowest BCUT2D eigenvalue weighted by molar-refractivity contribution is 0.184. The third-order valence-corrected chi connectivity index (χ3v) is 3.63. The highest BCUT2D eigenvalue weighted by Gasteiger charge is 2.14. The second-order valence-corrected chi connectivity index (χ2v) is 5.19. The van der Waals surface area contributed by atoms with Gasteiger partial charge in [0, 0.05) is 13.6 Å². The number of benzene rings is 2. The van der Waals surface area contributed by atoms with E-state index >= 15 is 0 Å². The second kappa shape index (κ2) is 6.06. The molecule has 0 amide bonds. The second-order valence-electron chi connectivity index (χ2n) is 5.19. The summed E-state index contributed by atoms with van der Waals surface area (Å²) >= 11 is 0. The summed E-state index contributed by atoms with van der Waals surface area (Å²) in [6, 6.07) is 12.5. The molecule has 0 bridgehead atoms. The van der Waals surface area contributed by atoms with Gasteiger partial charge in [-0.2, -0.15) is 0 Å². The van der Waals surface area contributed by atoms with Crippen LogP contribution in [0.25, 0.3) is 0 Å². The largest absolute Gasteiger partial charge is 0.387 e. The van der Waals surface area contributed by atoms with Gasteiger partial charge in [0.1, 0.15) is 5.82 Å². The fourth-order valence-electron chi connectivity index (χ4n) is 2.20. The van der Waals surface area contributed by atoms with Crippen molar-refractivity contribution in [2.75, 3.05) is 18.5 Å². The maximum atomic E-state index is 13.7. The Balaban J connectivity index is 2.13. The van der Waals surface area contributed by atoms with Gasteiger partial charge in [-0.25, -0.2) is 4.39 Å². The monoisotopic (exact) mass is 273 g/mol. The first-order chi connectivity index (χ1) is 9.49. The van der Waals surface area contributed by atoms with Crippen LogP contribution in [0.1, 0.15) is 22.8 Å². The van der Waals surface area contributed by atoms with Crippen molar-refractivity contribution in [2.24, 2.45) is 0 Å². The van der Waals surface area contributed by atoms with Crippen molar-refractivity contribution in [1.82, 2.24) is 0 Å². The van der Waals surface area contributed by atoms with Gasteiger partial charge in [-0.1, -0.05) is 30.3 Å². The van der Waals surface area contributed by atoms with Crippen LogP contribution in [0.2, 0.25) is 0 Å². The molecule has 0 saturated carbocycles. The van der Waals surface area contributed by atoms with Gasteiger partial charge in [-0.15, -0.1) is 0 Å². The number of aryl methyl sites for hydroxylation is 2. The molecule has 0 aliphatic rings. The number of anilines is 1. The van der Waals surface area contributed by atoms with Gasteiger partial charge in [-0.05, 0) is 42.7 Å². The molecule has 2 rings (SSSR count). The van der Waals surface area contributed by atoms with E-state index in [1.54, 1.807) is 30.1 Å². The van der Waals surface area contributed by atoms with E-state index in [0.717, 1.165) is 11.1 Å². The Morgan fingerprint density at radius 3 is 2.45 bits per heavy atom. The Morgan fingerprint density at radius 1 is 1.10 bits per heavy atom. The molecule has 0 aliphatic carbocycles. The summed E-state index contributed by atoms with van der Waals surface area (Å²) in [6.45, 7) is 4.41. The van der Waals surface area contributed by atoms with Crippen LogP contribution in [0.15, 0.2) is 42.5 Å². The van der Waals surface area contributed by atoms with E-state index in [0.29, 0.717) is 12.2 Å². The molecule has 0 radical (unpaired) electrons. The third kappa shape index (κ3) is 3.17. The van der Waals surface area contributed by atoms with Gasteiger partial charge in [0.05, 0.1) is 11.8 Å². The first-order valence-corrected chi connectivity index (χ1v) is 6.70. The maximum absolute atomic E-state index is 13.7. The SMILES string of the molecule is Cc1ccc(C(O)CN(C)c2ccccc2F)cc1C. The van der Waals surface area contributed by atoms with Crippen molar-refractivity contribution >= 4 is 5.69 Å². The lowest BCUT2D eigenvalue weighted by atomic mass is 10.0. The van der Waals surface area contributed by atoms with E-state index < -0.39 is 6.10 Å². The first-order valence-electron chi connectivity index (χ1n) is 6.70. The Bertz CT molecular complexity index is 597. The molecule has 0 spiro atoms. The average Bonchev–Trinajstić information content (AvgIpc) is 2.42. The van der Waals surface area contributed by atoms with E-state index in [2.05, 4.69) is 0 Å². The number of para-hydroxylation sites is 1. The molecular formula is C17H20FNO. The smallest absolute Gasteiger partial charge is 0.146 e. The number of aliphatic hydroxyl groups is 1. The van der Waals surface area contributed by atoms with Gasteiger partial charge in [0.15, 0.2) is 0 Å². The molecule has 2 nitrogen and oxygen atoms in total. The highest BCUT2D eigenvalue weighted by Crippen LogP contribution is 2.22. The maximum Gasteiger partial charge on any atom is 0.146 e. The molecule has 0 saturated heterocycles. The fraction of sp³-hybridized carbons (Fsp3) is 0.294. The van der Waals surface area contributed by atoms with Gasteiger partial charge in [0.2, 0.25) is 0 Å². The molecular weight excluding hydrogens is 253 g/mol. The molecule has 1 atom stereocenters. The van der Waals surface area contributed by atoms with Crippen LogP contribution in [0.3, 0.4) is 0 Å². The number of aliphatic hydroxyl groups excluding tert-OH is 1. The van der Waals surface area contributed by atoms with Crippen LogP contribution in [0, 0.1) is 19.7 Å². The number of hydrogen-bond donors (Lipinski definition) is 1. The van der Waals surface area contributed by atoms with E-state index in [9.17, 15) is 9.50 Å². The predicted molar refractivity (Wildman–Crippen MR) is 80.5 cm³/mol. The summed E-state index contributed by atoms with van der Waals surface area (Å²) in [7, 11) is 1.78. The highest BCUT2D eigenvalue weighted by molar-refractivity contribution is 5.47. The number of likely N-dealkylation sites (N-methyl/N-ethyl adjacent to an activating group) is 1. The topological polar surface area (TPSA) is 23.5 Å². The van der Waals surface area contributed by atoms with Crippen molar-refractivity contribution in [3.05, 3.63) is 65.0 Å². The van der Waals surface area contributed by atoms with Crippen LogP contribution >= 0.6 is 0 Å². The summed E-state index contributed by atoms with van der Waals surface area (Å²) < 4.78 is 13.7. The molecule has 1 N–H and O–H groups in total. The van der Waals surface area contributed by atoms with E-state index in [1.165, 1.54) is 11.6 Å². The van der Waals surface area contributed by atoms with Crippen molar-refractivity contribution in [2.45, 2.75) is 20.0 Å². The molecule has 0 fully saturated rings. The quantitative estimate of drug-likeness (QED) is 0.920. The molecule has 0 aromatic heterocycles. The van der Waals surface area contributed by atoms with E-state index in [1.807, 2.05) is 32.0 Å². The molecule has 0 heterocycles. The number of halogens is 1. The Labute approximate surface area is 119 Å². The van der Waals surface area contributed by atoms with Crippen LogP contribution in [0.5, 0.6) is 0 Å². The van der Waals surface area contributed by atoms with E-state index in [-0.39, 0.29) is 5.82 Å².